The molecule has 1 amide bonds. The standard InChI is InChI=1S/C15H14F3NO3/c1-2-9-3-4-13(22-9)15(21)19-12(7-20)8-5-10(16)14(18)11(17)6-8/h3-6,12,20H,2,7H2,1H3,(H,19,21). The second-order valence-electron chi connectivity index (χ2n) is 4.63. The first-order valence-electron chi connectivity index (χ1n) is 6.61. The highest BCUT2D eigenvalue weighted by molar-refractivity contribution is 5.91. The molecule has 0 aliphatic carbocycles. The third-order valence-corrected chi connectivity index (χ3v) is 3.13. The minimum Gasteiger partial charge on any atom is -0.456 e. The summed E-state index contributed by atoms with van der Waals surface area (Å²) in [5.74, 6) is -4.43. The van der Waals surface area contributed by atoms with E-state index in [0.717, 1.165) is 12.1 Å². The zero-order chi connectivity index (χ0) is 16.3. The highest BCUT2D eigenvalue weighted by atomic mass is 19.2. The van der Waals surface area contributed by atoms with Crippen LogP contribution in [0.5, 0.6) is 0 Å². The summed E-state index contributed by atoms with van der Waals surface area (Å²) in [4.78, 5) is 12.0. The number of rotatable bonds is 5. The molecule has 1 unspecified atom stereocenters. The number of halogens is 3. The zero-order valence-electron chi connectivity index (χ0n) is 11.7. The van der Waals surface area contributed by atoms with Gasteiger partial charge in [-0.3, -0.25) is 4.79 Å². The van der Waals surface area contributed by atoms with Crippen LogP contribution in [0, 0.1) is 17.5 Å². The number of carbonyl (C=O) groups is 1. The summed E-state index contributed by atoms with van der Waals surface area (Å²) in [6.45, 7) is 1.23. The topological polar surface area (TPSA) is 62.5 Å². The second-order valence-corrected chi connectivity index (χ2v) is 4.63. The van der Waals surface area contributed by atoms with Gasteiger partial charge < -0.3 is 14.8 Å². The number of aliphatic hydroxyl groups excluding tert-OH is 1. The minimum atomic E-state index is -1.61. The maximum absolute atomic E-state index is 13.2. The van der Waals surface area contributed by atoms with Gasteiger partial charge in [0.15, 0.2) is 23.2 Å². The minimum absolute atomic E-state index is 0.0124. The quantitative estimate of drug-likeness (QED) is 0.834. The molecule has 22 heavy (non-hydrogen) atoms. The predicted octanol–water partition coefficient (Wildman–Crippen LogP) is 2.72. The molecular formula is C15H14F3NO3. The van der Waals surface area contributed by atoms with Crippen LogP contribution in [-0.4, -0.2) is 17.6 Å². The highest BCUT2D eigenvalue weighted by Crippen LogP contribution is 2.20. The molecule has 2 aromatic rings. The number of aryl methyl sites for hydroxylation is 1. The van der Waals surface area contributed by atoms with E-state index in [0.29, 0.717) is 12.2 Å². The maximum atomic E-state index is 13.2. The molecule has 1 heterocycles. The number of aliphatic hydroxyl groups is 1. The molecule has 0 spiro atoms. The van der Waals surface area contributed by atoms with E-state index in [1.807, 2.05) is 6.92 Å². The van der Waals surface area contributed by atoms with E-state index in [9.17, 15) is 23.1 Å². The molecule has 118 valence electrons. The molecule has 7 heteroatoms. The van der Waals surface area contributed by atoms with E-state index in [-0.39, 0.29) is 11.3 Å². The number of amides is 1. The summed E-state index contributed by atoms with van der Waals surface area (Å²) in [5.41, 5.74) is -0.0884. The smallest absolute Gasteiger partial charge is 0.287 e. The van der Waals surface area contributed by atoms with E-state index in [1.54, 1.807) is 6.07 Å². The Balaban J connectivity index is 2.20. The lowest BCUT2D eigenvalue weighted by molar-refractivity contribution is 0.0886. The van der Waals surface area contributed by atoms with Crippen LogP contribution >= 0.6 is 0 Å². The van der Waals surface area contributed by atoms with Gasteiger partial charge in [0.2, 0.25) is 0 Å². The molecule has 2 N–H and O–H groups in total. The summed E-state index contributed by atoms with van der Waals surface area (Å²) in [6.07, 6.45) is 0.602. The van der Waals surface area contributed by atoms with Crippen molar-refractivity contribution in [1.29, 1.82) is 0 Å². The van der Waals surface area contributed by atoms with Gasteiger partial charge >= 0.3 is 0 Å². The van der Waals surface area contributed by atoms with E-state index < -0.39 is 36.0 Å². The van der Waals surface area contributed by atoms with Crippen LogP contribution in [0.25, 0.3) is 0 Å². The lowest BCUT2D eigenvalue weighted by Gasteiger charge is -2.16. The Morgan fingerprint density at radius 3 is 2.41 bits per heavy atom. The largest absolute Gasteiger partial charge is 0.456 e. The fraction of sp³-hybridized carbons (Fsp3) is 0.267. The summed E-state index contributed by atoms with van der Waals surface area (Å²) >= 11 is 0. The molecule has 1 atom stereocenters. The van der Waals surface area contributed by atoms with Crippen molar-refractivity contribution in [3.8, 4) is 0 Å². The monoisotopic (exact) mass is 313 g/mol. The van der Waals surface area contributed by atoms with Gasteiger partial charge in [-0.25, -0.2) is 13.2 Å². The molecule has 0 saturated carbocycles. The van der Waals surface area contributed by atoms with Crippen molar-refractivity contribution in [3.05, 3.63) is 58.8 Å². The Hall–Kier alpha value is -2.28. The van der Waals surface area contributed by atoms with Gasteiger partial charge in [-0.05, 0) is 29.8 Å². The summed E-state index contributed by atoms with van der Waals surface area (Å²) in [6, 6.07) is 3.43. The molecule has 0 aliphatic rings. The van der Waals surface area contributed by atoms with Gasteiger partial charge in [0.25, 0.3) is 5.91 Å². The van der Waals surface area contributed by atoms with E-state index >= 15 is 0 Å². The molecule has 2 rings (SSSR count). The van der Waals surface area contributed by atoms with Gasteiger partial charge in [-0.15, -0.1) is 0 Å². The summed E-state index contributed by atoms with van der Waals surface area (Å²) in [5, 5.41) is 11.7. The van der Waals surface area contributed by atoms with E-state index in [2.05, 4.69) is 5.32 Å². The average Bonchev–Trinajstić information content (AvgIpc) is 2.98. The molecule has 0 saturated heterocycles. The molecule has 0 radical (unpaired) electrons. The third-order valence-electron chi connectivity index (χ3n) is 3.13. The number of furan rings is 1. The molecule has 4 nitrogen and oxygen atoms in total. The van der Waals surface area contributed by atoms with Crippen LogP contribution < -0.4 is 5.32 Å². The third kappa shape index (κ3) is 3.30. The lowest BCUT2D eigenvalue weighted by atomic mass is 10.1. The van der Waals surface area contributed by atoms with Crippen LogP contribution in [0.1, 0.15) is 34.8 Å². The van der Waals surface area contributed by atoms with Crippen LogP contribution in [0.3, 0.4) is 0 Å². The highest BCUT2D eigenvalue weighted by Gasteiger charge is 2.20. The Kier molecular flexibility index (Phi) is 4.87. The summed E-state index contributed by atoms with van der Waals surface area (Å²) < 4.78 is 44.6. The van der Waals surface area contributed by atoms with Crippen molar-refractivity contribution in [2.45, 2.75) is 19.4 Å². The van der Waals surface area contributed by atoms with Gasteiger partial charge in [0.05, 0.1) is 12.6 Å². The average molecular weight is 313 g/mol. The number of nitrogens with one attached hydrogen (secondary N) is 1. The SMILES string of the molecule is CCc1ccc(C(=O)NC(CO)c2cc(F)c(F)c(F)c2)o1. The Morgan fingerprint density at radius 1 is 1.27 bits per heavy atom. The van der Waals surface area contributed by atoms with Crippen molar-refractivity contribution in [2.24, 2.45) is 0 Å². The van der Waals surface area contributed by atoms with Crippen LogP contribution in [0.4, 0.5) is 13.2 Å². The Bertz CT molecular complexity index is 661. The Morgan fingerprint density at radius 2 is 1.91 bits per heavy atom. The van der Waals surface area contributed by atoms with Crippen LogP contribution in [-0.2, 0) is 6.42 Å². The van der Waals surface area contributed by atoms with Gasteiger partial charge in [-0.1, -0.05) is 6.92 Å². The van der Waals surface area contributed by atoms with E-state index in [1.165, 1.54) is 6.07 Å². The first kappa shape index (κ1) is 16.1. The molecule has 1 aromatic carbocycles. The number of carbonyl (C=O) groups excluding carboxylic acids is 1. The first-order chi connectivity index (χ1) is 10.5. The van der Waals surface area contributed by atoms with E-state index in [4.69, 9.17) is 4.42 Å². The molecule has 0 fully saturated rings. The van der Waals surface area contributed by atoms with Crippen molar-refractivity contribution >= 4 is 5.91 Å². The van der Waals surface area contributed by atoms with Crippen LogP contribution in [0.15, 0.2) is 28.7 Å². The maximum Gasteiger partial charge on any atom is 0.287 e. The summed E-state index contributed by atoms with van der Waals surface area (Å²) in [7, 11) is 0. The fourth-order valence-electron chi connectivity index (χ4n) is 1.93. The van der Waals surface area contributed by atoms with Gasteiger partial charge in [0.1, 0.15) is 5.76 Å². The lowest BCUT2D eigenvalue weighted by Crippen LogP contribution is -2.30. The molecular weight excluding hydrogens is 299 g/mol. The van der Waals surface area contributed by atoms with Crippen molar-refractivity contribution in [3.63, 3.8) is 0 Å². The van der Waals surface area contributed by atoms with Crippen molar-refractivity contribution in [2.75, 3.05) is 6.61 Å². The number of hydrogen-bond donors (Lipinski definition) is 2. The second kappa shape index (κ2) is 6.65. The van der Waals surface area contributed by atoms with Crippen LogP contribution in [0.2, 0.25) is 0 Å². The fourth-order valence-corrected chi connectivity index (χ4v) is 1.93. The predicted molar refractivity (Wildman–Crippen MR) is 71.7 cm³/mol. The van der Waals surface area contributed by atoms with Crippen molar-refractivity contribution < 1.29 is 27.5 Å². The molecule has 1 aromatic heterocycles. The molecule has 0 aliphatic heterocycles. The normalized spacial score (nSPS) is 12.2. The number of benzene rings is 1. The molecule has 0 bridgehead atoms. The van der Waals surface area contributed by atoms with Gasteiger partial charge in [-0.2, -0.15) is 0 Å². The zero-order valence-corrected chi connectivity index (χ0v) is 11.7. The Labute approximate surface area is 124 Å². The van der Waals surface area contributed by atoms with Gasteiger partial charge in [0, 0.05) is 6.42 Å². The van der Waals surface area contributed by atoms with Crippen molar-refractivity contribution in [1.82, 2.24) is 5.32 Å². The number of hydrogen-bond acceptors (Lipinski definition) is 3. The first-order valence-corrected chi connectivity index (χ1v) is 6.61.